The maximum atomic E-state index is 5.89. The van der Waals surface area contributed by atoms with Gasteiger partial charge in [-0.05, 0) is 43.0 Å². The molecule has 1 fully saturated rings. The molecule has 1 aromatic rings. The van der Waals surface area contributed by atoms with Gasteiger partial charge in [-0.15, -0.1) is 0 Å². The van der Waals surface area contributed by atoms with Crippen LogP contribution >= 0.6 is 11.6 Å². The van der Waals surface area contributed by atoms with Crippen molar-refractivity contribution in [2.75, 3.05) is 6.54 Å². The van der Waals surface area contributed by atoms with Crippen molar-refractivity contribution in [3.05, 3.63) is 34.9 Å². The van der Waals surface area contributed by atoms with Crippen LogP contribution in [0.4, 0.5) is 0 Å². The Bertz CT molecular complexity index is 316. The van der Waals surface area contributed by atoms with E-state index >= 15 is 0 Å². The highest BCUT2D eigenvalue weighted by Gasteiger charge is 2.25. The fourth-order valence-electron chi connectivity index (χ4n) is 2.19. The SMILES string of the molecule is CCNC(Cc1ccc(Cl)cc1)CC1CC1. The van der Waals surface area contributed by atoms with Crippen LogP contribution in [0.25, 0.3) is 0 Å². The molecule has 1 saturated carbocycles. The first-order valence-corrected chi connectivity index (χ1v) is 6.63. The van der Waals surface area contributed by atoms with E-state index in [1.54, 1.807) is 0 Å². The predicted molar refractivity (Wildman–Crippen MR) is 70.0 cm³/mol. The number of halogens is 1. The minimum atomic E-state index is 0.638. The zero-order chi connectivity index (χ0) is 11.4. The molecule has 0 amide bonds. The summed E-state index contributed by atoms with van der Waals surface area (Å²) in [7, 11) is 0. The van der Waals surface area contributed by atoms with Gasteiger partial charge >= 0.3 is 0 Å². The van der Waals surface area contributed by atoms with Crippen LogP contribution in [0.1, 0.15) is 31.7 Å². The normalized spacial score (nSPS) is 17.4. The molecule has 1 aliphatic carbocycles. The Morgan fingerprint density at radius 2 is 2.00 bits per heavy atom. The van der Waals surface area contributed by atoms with E-state index < -0.39 is 0 Å². The van der Waals surface area contributed by atoms with Gasteiger partial charge < -0.3 is 5.32 Å². The maximum Gasteiger partial charge on any atom is 0.0406 e. The average molecular weight is 238 g/mol. The number of likely N-dealkylation sites (N-methyl/N-ethyl adjacent to an activating group) is 1. The largest absolute Gasteiger partial charge is 0.314 e. The minimum absolute atomic E-state index is 0.638. The highest BCUT2D eigenvalue weighted by Crippen LogP contribution is 2.34. The van der Waals surface area contributed by atoms with Crippen molar-refractivity contribution in [3.63, 3.8) is 0 Å². The summed E-state index contributed by atoms with van der Waals surface area (Å²) in [6, 6.07) is 8.88. The van der Waals surface area contributed by atoms with Gasteiger partial charge in [0, 0.05) is 11.1 Å². The van der Waals surface area contributed by atoms with Gasteiger partial charge in [-0.1, -0.05) is 43.5 Å². The molecule has 0 aromatic heterocycles. The van der Waals surface area contributed by atoms with Crippen LogP contribution in [0.5, 0.6) is 0 Å². The van der Waals surface area contributed by atoms with Crippen molar-refractivity contribution in [2.45, 2.75) is 38.6 Å². The molecule has 0 aliphatic heterocycles. The van der Waals surface area contributed by atoms with E-state index in [0.29, 0.717) is 6.04 Å². The molecule has 0 bridgehead atoms. The second-order valence-electron chi connectivity index (χ2n) is 4.76. The van der Waals surface area contributed by atoms with E-state index in [0.717, 1.165) is 23.9 Å². The Morgan fingerprint density at radius 3 is 2.56 bits per heavy atom. The molecule has 16 heavy (non-hydrogen) atoms. The van der Waals surface area contributed by atoms with E-state index in [4.69, 9.17) is 11.6 Å². The molecule has 1 atom stereocenters. The third-order valence-electron chi connectivity index (χ3n) is 3.20. The third kappa shape index (κ3) is 3.80. The van der Waals surface area contributed by atoms with E-state index in [9.17, 15) is 0 Å². The van der Waals surface area contributed by atoms with Gasteiger partial charge in [-0.25, -0.2) is 0 Å². The van der Waals surface area contributed by atoms with Crippen LogP contribution in [0.3, 0.4) is 0 Å². The van der Waals surface area contributed by atoms with Crippen LogP contribution in [0.15, 0.2) is 24.3 Å². The zero-order valence-corrected chi connectivity index (χ0v) is 10.6. The van der Waals surface area contributed by atoms with Gasteiger partial charge in [0.2, 0.25) is 0 Å². The second-order valence-corrected chi connectivity index (χ2v) is 5.20. The van der Waals surface area contributed by atoms with Crippen LogP contribution in [-0.2, 0) is 6.42 Å². The molecular weight excluding hydrogens is 218 g/mol. The van der Waals surface area contributed by atoms with E-state index in [1.807, 2.05) is 12.1 Å². The van der Waals surface area contributed by atoms with Gasteiger partial charge in [0.15, 0.2) is 0 Å². The first kappa shape index (κ1) is 11.9. The van der Waals surface area contributed by atoms with Crippen molar-refractivity contribution in [2.24, 2.45) is 5.92 Å². The van der Waals surface area contributed by atoms with Crippen LogP contribution in [-0.4, -0.2) is 12.6 Å². The van der Waals surface area contributed by atoms with Crippen molar-refractivity contribution < 1.29 is 0 Å². The lowest BCUT2D eigenvalue weighted by Gasteiger charge is -2.17. The number of hydrogen-bond donors (Lipinski definition) is 1. The van der Waals surface area contributed by atoms with Gasteiger partial charge in [-0.3, -0.25) is 0 Å². The van der Waals surface area contributed by atoms with E-state index in [1.165, 1.54) is 24.8 Å². The molecule has 1 N–H and O–H groups in total. The number of benzene rings is 1. The second kappa shape index (κ2) is 5.70. The van der Waals surface area contributed by atoms with Crippen molar-refractivity contribution in [1.29, 1.82) is 0 Å². The van der Waals surface area contributed by atoms with Gasteiger partial charge in [0.05, 0.1) is 0 Å². The van der Waals surface area contributed by atoms with E-state index in [2.05, 4.69) is 24.4 Å². The van der Waals surface area contributed by atoms with Gasteiger partial charge in [0.25, 0.3) is 0 Å². The zero-order valence-electron chi connectivity index (χ0n) is 9.88. The maximum absolute atomic E-state index is 5.89. The lowest BCUT2D eigenvalue weighted by molar-refractivity contribution is 0.466. The summed E-state index contributed by atoms with van der Waals surface area (Å²) >= 11 is 5.89. The van der Waals surface area contributed by atoms with Crippen LogP contribution < -0.4 is 5.32 Å². The summed E-state index contributed by atoms with van der Waals surface area (Å²) < 4.78 is 0. The standard InChI is InChI=1S/C14H20ClN/c1-2-16-14(9-11-3-4-11)10-12-5-7-13(15)8-6-12/h5-8,11,14,16H,2-4,9-10H2,1H3. The lowest BCUT2D eigenvalue weighted by atomic mass is 10.0. The quantitative estimate of drug-likeness (QED) is 0.796. The fraction of sp³-hybridized carbons (Fsp3) is 0.571. The third-order valence-corrected chi connectivity index (χ3v) is 3.45. The highest BCUT2D eigenvalue weighted by molar-refractivity contribution is 6.30. The monoisotopic (exact) mass is 237 g/mol. The summed E-state index contributed by atoms with van der Waals surface area (Å²) in [6.45, 7) is 3.24. The Balaban J connectivity index is 1.90. The van der Waals surface area contributed by atoms with Crippen LogP contribution in [0, 0.1) is 5.92 Å². The topological polar surface area (TPSA) is 12.0 Å². The first-order valence-electron chi connectivity index (χ1n) is 6.25. The molecule has 1 nitrogen and oxygen atoms in total. The molecule has 1 unspecified atom stereocenters. The van der Waals surface area contributed by atoms with Crippen molar-refractivity contribution in [3.8, 4) is 0 Å². The fourth-order valence-corrected chi connectivity index (χ4v) is 2.31. The molecule has 0 saturated heterocycles. The minimum Gasteiger partial charge on any atom is -0.314 e. The Hall–Kier alpha value is -0.530. The number of nitrogens with one attached hydrogen (secondary N) is 1. The Labute approximate surface area is 103 Å². The average Bonchev–Trinajstić information content (AvgIpc) is 3.06. The Kier molecular flexibility index (Phi) is 4.25. The molecule has 1 aromatic carbocycles. The Morgan fingerprint density at radius 1 is 1.31 bits per heavy atom. The summed E-state index contributed by atoms with van der Waals surface area (Å²) in [6.07, 6.45) is 5.32. The molecular formula is C14H20ClN. The molecule has 0 spiro atoms. The van der Waals surface area contributed by atoms with E-state index in [-0.39, 0.29) is 0 Å². The van der Waals surface area contributed by atoms with Gasteiger partial charge in [-0.2, -0.15) is 0 Å². The molecule has 0 radical (unpaired) electrons. The number of hydrogen-bond acceptors (Lipinski definition) is 1. The van der Waals surface area contributed by atoms with Gasteiger partial charge in [0.1, 0.15) is 0 Å². The summed E-state index contributed by atoms with van der Waals surface area (Å²) in [5.41, 5.74) is 1.39. The first-order chi connectivity index (χ1) is 7.78. The summed E-state index contributed by atoms with van der Waals surface area (Å²) in [5.74, 6) is 0.983. The molecule has 2 heteroatoms. The summed E-state index contributed by atoms with van der Waals surface area (Å²) in [5, 5.41) is 4.41. The molecule has 2 rings (SSSR count). The molecule has 88 valence electrons. The van der Waals surface area contributed by atoms with Crippen LogP contribution in [0.2, 0.25) is 5.02 Å². The van der Waals surface area contributed by atoms with Crippen molar-refractivity contribution in [1.82, 2.24) is 5.32 Å². The number of rotatable bonds is 6. The predicted octanol–water partition coefficient (Wildman–Crippen LogP) is 3.66. The van der Waals surface area contributed by atoms with Crippen molar-refractivity contribution >= 4 is 11.6 Å². The lowest BCUT2D eigenvalue weighted by Crippen LogP contribution is -2.31. The highest BCUT2D eigenvalue weighted by atomic mass is 35.5. The summed E-state index contributed by atoms with van der Waals surface area (Å²) in [4.78, 5) is 0. The molecule has 1 aliphatic rings. The molecule has 0 heterocycles. The smallest absolute Gasteiger partial charge is 0.0406 e.